The molecule has 2 aliphatic rings. The smallest absolute Gasteiger partial charge is 0.295 e. The second-order valence-corrected chi connectivity index (χ2v) is 9.46. The normalized spacial score (nSPS) is 18.6. The van der Waals surface area contributed by atoms with E-state index in [9.17, 15) is 14.4 Å². The van der Waals surface area contributed by atoms with Gasteiger partial charge in [0.15, 0.2) is 11.5 Å². The first kappa shape index (κ1) is 27.0. The van der Waals surface area contributed by atoms with E-state index in [0.29, 0.717) is 25.3 Å². The number of carbonyl (C=O) groups is 3. The van der Waals surface area contributed by atoms with Crippen molar-refractivity contribution in [2.45, 2.75) is 45.3 Å². The number of amides is 2. The summed E-state index contributed by atoms with van der Waals surface area (Å²) in [7, 11) is 4.37. The van der Waals surface area contributed by atoms with Gasteiger partial charge in [-0.15, -0.1) is 0 Å². The van der Waals surface area contributed by atoms with Gasteiger partial charge >= 0.3 is 0 Å². The van der Waals surface area contributed by atoms with Crippen LogP contribution >= 0.6 is 0 Å². The number of ketones is 1. The zero-order valence-electron chi connectivity index (χ0n) is 21.2. The first-order valence-corrected chi connectivity index (χ1v) is 12.4. The van der Waals surface area contributed by atoms with Gasteiger partial charge in [-0.2, -0.15) is 0 Å². The maximum Gasteiger partial charge on any atom is 0.295 e. The average molecular weight is 519 g/mol. The molecule has 2 atom stereocenters. The quantitative estimate of drug-likeness (QED) is 0.339. The van der Waals surface area contributed by atoms with E-state index in [0.717, 1.165) is 29.2 Å². The first-order valence-electron chi connectivity index (χ1n) is 12.4. The molecule has 2 bridgehead atoms. The van der Waals surface area contributed by atoms with Crippen LogP contribution in [0.3, 0.4) is 0 Å². The molecule has 8 nitrogen and oxygen atoms in total. The highest BCUT2D eigenvalue weighted by molar-refractivity contribution is 6.43. The molecule has 2 fully saturated rings. The van der Waals surface area contributed by atoms with E-state index in [2.05, 4.69) is 24.3 Å². The molecule has 0 N–H and O–H groups in total. The highest BCUT2D eigenvalue weighted by Gasteiger charge is 2.47. The summed E-state index contributed by atoms with van der Waals surface area (Å²) in [6.45, 7) is 0.871. The van der Waals surface area contributed by atoms with Crippen molar-refractivity contribution >= 4 is 28.4 Å². The predicted molar refractivity (Wildman–Crippen MR) is 145 cm³/mol. The van der Waals surface area contributed by atoms with Gasteiger partial charge in [0.2, 0.25) is 11.7 Å². The van der Waals surface area contributed by atoms with Gasteiger partial charge < -0.3 is 24.0 Å². The third-order valence-corrected chi connectivity index (χ3v) is 7.31. The number of carbonyl (C=O) groups excluding carboxylic acids is 3. The Morgan fingerprint density at radius 2 is 1.58 bits per heavy atom. The van der Waals surface area contributed by atoms with Gasteiger partial charge in [-0.3, -0.25) is 14.4 Å². The van der Waals surface area contributed by atoms with Crippen molar-refractivity contribution in [3.05, 3.63) is 65.7 Å². The molecule has 2 aliphatic heterocycles. The molecule has 0 spiro atoms. The summed E-state index contributed by atoms with van der Waals surface area (Å²) in [6.07, 6.45) is 2.12. The molecule has 0 aromatic heterocycles. The third kappa shape index (κ3) is 4.78. The van der Waals surface area contributed by atoms with E-state index in [-0.39, 0.29) is 36.4 Å². The van der Waals surface area contributed by atoms with E-state index >= 15 is 0 Å². The number of piperidine rings is 1. The zero-order valence-corrected chi connectivity index (χ0v) is 21.2. The Kier molecular flexibility index (Phi) is 7.90. The molecule has 3 aromatic carbocycles. The molecule has 2 amide bonds. The van der Waals surface area contributed by atoms with Crippen LogP contribution in [0.5, 0.6) is 17.2 Å². The van der Waals surface area contributed by atoms with E-state index in [1.54, 1.807) is 0 Å². The fraction of sp³-hybridized carbons (Fsp3) is 0.367. The summed E-state index contributed by atoms with van der Waals surface area (Å²) in [6, 6.07) is 16.4. The highest BCUT2D eigenvalue weighted by atomic mass is 16.5. The molecule has 3 aromatic rings. The van der Waals surface area contributed by atoms with Gasteiger partial charge in [0.25, 0.3) is 11.7 Å². The van der Waals surface area contributed by atoms with E-state index in [4.69, 9.17) is 14.2 Å². The van der Waals surface area contributed by atoms with Crippen molar-refractivity contribution in [2.24, 2.45) is 0 Å². The van der Waals surface area contributed by atoms with Crippen LogP contribution in [0.1, 0.15) is 42.6 Å². The largest absolute Gasteiger partial charge is 0.493 e. The Hall–Kier alpha value is -4.07. The van der Waals surface area contributed by atoms with Crippen molar-refractivity contribution in [3.63, 3.8) is 0 Å². The second kappa shape index (κ2) is 11.1. The minimum absolute atomic E-state index is 0. The Labute approximate surface area is 223 Å². The van der Waals surface area contributed by atoms with Crippen LogP contribution in [-0.4, -0.2) is 67.4 Å². The standard InChI is InChI=1S/C29H30N2O6.CH4/c1-35-24-14-21(15-25(36-2)27(24)37-3)26(32)29(34)31-22-9-6-10-23(31)28(33)30(17-22)16-18-11-12-19-7-4-5-8-20(19)13-18;/h4-5,7-8,11-15,22-23H,6,9-10,16-17H2,1-3H3;1H4. The van der Waals surface area contributed by atoms with Gasteiger partial charge in [0, 0.05) is 18.7 Å². The zero-order chi connectivity index (χ0) is 26.1. The number of hydrogen-bond acceptors (Lipinski definition) is 6. The summed E-state index contributed by atoms with van der Waals surface area (Å²) in [4.78, 5) is 43.7. The van der Waals surface area contributed by atoms with Crippen LogP contribution in [0.25, 0.3) is 10.8 Å². The first-order chi connectivity index (χ1) is 17.9. The molecule has 0 saturated carbocycles. The molecule has 0 radical (unpaired) electrons. The lowest BCUT2D eigenvalue weighted by molar-refractivity contribution is -0.157. The number of ether oxygens (including phenoxy) is 3. The number of rotatable bonds is 7. The minimum Gasteiger partial charge on any atom is -0.493 e. The van der Waals surface area contributed by atoms with Crippen molar-refractivity contribution in [1.82, 2.24) is 9.80 Å². The van der Waals surface area contributed by atoms with Crippen LogP contribution in [0.15, 0.2) is 54.6 Å². The Bertz CT molecular complexity index is 1340. The lowest BCUT2D eigenvalue weighted by Gasteiger charge is -2.49. The number of nitrogens with zero attached hydrogens (tertiary/aromatic N) is 2. The SMILES string of the molecule is C.COc1cc(C(=O)C(=O)N2C3CCCC2C(=O)N(Cc2ccc4ccccc4c2)C3)cc(OC)c1OC. The molecule has 38 heavy (non-hydrogen) atoms. The van der Waals surface area contributed by atoms with Crippen LogP contribution in [0.4, 0.5) is 0 Å². The molecule has 5 rings (SSSR count). The number of piperazine rings is 1. The third-order valence-electron chi connectivity index (χ3n) is 7.31. The summed E-state index contributed by atoms with van der Waals surface area (Å²) < 4.78 is 16.0. The summed E-state index contributed by atoms with van der Waals surface area (Å²) >= 11 is 0. The number of Topliss-reactive ketones (excluding diaryl/α,β-unsaturated/α-hetero) is 1. The number of hydrogen-bond donors (Lipinski definition) is 0. The fourth-order valence-electron chi connectivity index (χ4n) is 5.52. The van der Waals surface area contributed by atoms with Crippen molar-refractivity contribution in [1.29, 1.82) is 0 Å². The molecule has 2 heterocycles. The molecular weight excluding hydrogens is 484 g/mol. The van der Waals surface area contributed by atoms with Crippen molar-refractivity contribution in [2.75, 3.05) is 27.9 Å². The lowest BCUT2D eigenvalue weighted by atomic mass is 9.89. The number of benzene rings is 3. The summed E-state index contributed by atoms with van der Waals surface area (Å²) in [5.74, 6) is -0.586. The van der Waals surface area contributed by atoms with Gasteiger partial charge in [-0.1, -0.05) is 43.8 Å². The molecule has 8 heteroatoms. The average Bonchev–Trinajstić information content (AvgIpc) is 2.93. The Balaban J connectivity index is 0.00000336. The summed E-state index contributed by atoms with van der Waals surface area (Å²) in [5.41, 5.74) is 1.17. The van der Waals surface area contributed by atoms with Crippen LogP contribution < -0.4 is 14.2 Å². The molecule has 0 aliphatic carbocycles. The molecule has 2 saturated heterocycles. The lowest BCUT2D eigenvalue weighted by Crippen LogP contribution is -2.66. The topological polar surface area (TPSA) is 85.4 Å². The fourth-order valence-corrected chi connectivity index (χ4v) is 5.52. The molecule has 200 valence electrons. The Morgan fingerprint density at radius 3 is 2.24 bits per heavy atom. The highest BCUT2D eigenvalue weighted by Crippen LogP contribution is 2.39. The molecular formula is C30H34N2O6. The number of fused-ring (bicyclic) bond motifs is 3. The number of methoxy groups -OCH3 is 3. The Morgan fingerprint density at radius 1 is 0.895 bits per heavy atom. The van der Waals surface area contributed by atoms with Crippen LogP contribution in [0, 0.1) is 0 Å². The predicted octanol–water partition coefficient (Wildman–Crippen LogP) is 4.48. The van der Waals surface area contributed by atoms with Crippen LogP contribution in [-0.2, 0) is 16.1 Å². The van der Waals surface area contributed by atoms with Gasteiger partial charge in [-0.05, 0) is 53.8 Å². The van der Waals surface area contributed by atoms with Gasteiger partial charge in [-0.25, -0.2) is 0 Å². The number of likely N-dealkylation sites (tertiary alicyclic amines) is 1. The maximum absolute atomic E-state index is 13.5. The van der Waals surface area contributed by atoms with E-state index in [1.165, 1.54) is 38.4 Å². The van der Waals surface area contributed by atoms with Gasteiger partial charge in [0.05, 0.1) is 27.4 Å². The van der Waals surface area contributed by atoms with E-state index in [1.807, 2.05) is 23.1 Å². The second-order valence-electron chi connectivity index (χ2n) is 9.46. The van der Waals surface area contributed by atoms with Crippen LogP contribution in [0.2, 0.25) is 0 Å². The monoisotopic (exact) mass is 518 g/mol. The summed E-state index contributed by atoms with van der Waals surface area (Å²) in [5, 5.41) is 2.27. The molecule has 2 unspecified atom stereocenters. The van der Waals surface area contributed by atoms with Crippen molar-refractivity contribution in [3.8, 4) is 17.2 Å². The maximum atomic E-state index is 13.5. The van der Waals surface area contributed by atoms with E-state index < -0.39 is 17.7 Å². The van der Waals surface area contributed by atoms with Crippen molar-refractivity contribution < 1.29 is 28.6 Å². The minimum atomic E-state index is -0.702. The van der Waals surface area contributed by atoms with Gasteiger partial charge in [0.1, 0.15) is 6.04 Å².